The van der Waals surface area contributed by atoms with Gasteiger partial charge in [-0.15, -0.1) is 0 Å². The Morgan fingerprint density at radius 3 is 2.78 bits per heavy atom. The van der Waals surface area contributed by atoms with Crippen molar-refractivity contribution in [3.8, 4) is 0 Å². The number of hydrogen-bond acceptors (Lipinski definition) is 6. The fraction of sp³-hybridized carbons (Fsp3) is 0.600. The van der Waals surface area contributed by atoms with E-state index in [0.717, 1.165) is 5.56 Å². The molecule has 2 aliphatic heterocycles. The predicted molar refractivity (Wildman–Crippen MR) is 84.3 cm³/mol. The van der Waals surface area contributed by atoms with Gasteiger partial charge in [-0.1, -0.05) is 6.07 Å². The molecule has 2 atom stereocenters. The molecule has 1 amide bonds. The van der Waals surface area contributed by atoms with Gasteiger partial charge >= 0.3 is 0 Å². The quantitative estimate of drug-likeness (QED) is 0.778. The molecule has 2 saturated heterocycles. The van der Waals surface area contributed by atoms with E-state index in [0.29, 0.717) is 19.6 Å². The molecular weight excluding hydrogens is 318 g/mol. The number of amides is 1. The highest BCUT2D eigenvalue weighted by Gasteiger charge is 2.47. The largest absolute Gasteiger partial charge is 0.396 e. The lowest BCUT2D eigenvalue weighted by molar-refractivity contribution is -0.137. The molecule has 126 valence electrons. The Bertz CT molecular complexity index is 665. The maximum atomic E-state index is 12.2. The van der Waals surface area contributed by atoms with Crippen LogP contribution in [0.15, 0.2) is 24.5 Å². The summed E-state index contributed by atoms with van der Waals surface area (Å²) >= 11 is 0. The summed E-state index contributed by atoms with van der Waals surface area (Å²) in [7, 11) is -3.15. The minimum absolute atomic E-state index is 0.0123. The molecule has 3 heterocycles. The van der Waals surface area contributed by atoms with E-state index in [1.54, 1.807) is 17.3 Å². The number of aliphatic hydroxyl groups is 1. The van der Waals surface area contributed by atoms with Gasteiger partial charge in [0.15, 0.2) is 9.84 Å². The van der Waals surface area contributed by atoms with Gasteiger partial charge in [-0.05, 0) is 11.6 Å². The Hall–Kier alpha value is -1.51. The van der Waals surface area contributed by atoms with E-state index in [-0.39, 0.29) is 42.5 Å². The van der Waals surface area contributed by atoms with Crippen molar-refractivity contribution in [3.05, 3.63) is 30.1 Å². The van der Waals surface area contributed by atoms with Crippen LogP contribution in [-0.4, -0.2) is 77.5 Å². The molecule has 0 radical (unpaired) electrons. The van der Waals surface area contributed by atoms with Gasteiger partial charge in [-0.2, -0.15) is 0 Å². The molecule has 0 bridgehead atoms. The van der Waals surface area contributed by atoms with Crippen LogP contribution in [0.4, 0.5) is 0 Å². The minimum atomic E-state index is -3.15. The van der Waals surface area contributed by atoms with Gasteiger partial charge in [0.25, 0.3) is 0 Å². The Balaban J connectivity index is 1.79. The molecule has 0 saturated carbocycles. The molecule has 0 aliphatic carbocycles. The molecule has 3 rings (SSSR count). The summed E-state index contributed by atoms with van der Waals surface area (Å²) in [5.74, 6) is -0.0696. The number of sulfone groups is 1. The zero-order valence-electron chi connectivity index (χ0n) is 12.8. The van der Waals surface area contributed by atoms with Gasteiger partial charge in [0.1, 0.15) is 0 Å². The minimum Gasteiger partial charge on any atom is -0.396 e. The third kappa shape index (κ3) is 3.54. The van der Waals surface area contributed by atoms with Crippen molar-refractivity contribution < 1.29 is 18.3 Å². The molecular formula is C15H21N3O4S. The van der Waals surface area contributed by atoms with Gasteiger partial charge in [0, 0.05) is 44.5 Å². The van der Waals surface area contributed by atoms with Crippen LogP contribution < -0.4 is 0 Å². The Kier molecular flexibility index (Phi) is 4.65. The second-order valence-electron chi connectivity index (χ2n) is 6.10. The summed E-state index contributed by atoms with van der Waals surface area (Å²) < 4.78 is 24.2. The summed E-state index contributed by atoms with van der Waals surface area (Å²) in [6, 6.07) is 3.33. The summed E-state index contributed by atoms with van der Waals surface area (Å²) in [6.45, 7) is 1.55. The first kappa shape index (κ1) is 16.4. The number of aromatic nitrogens is 1. The number of fused-ring (bicyclic) bond motifs is 1. The average Bonchev–Trinajstić information content (AvgIpc) is 2.84. The highest BCUT2D eigenvalue weighted by atomic mass is 32.2. The van der Waals surface area contributed by atoms with Crippen molar-refractivity contribution in [2.24, 2.45) is 0 Å². The zero-order chi connectivity index (χ0) is 16.4. The number of aliphatic hydroxyl groups excluding tert-OH is 1. The van der Waals surface area contributed by atoms with Crippen molar-refractivity contribution in [2.75, 3.05) is 31.2 Å². The third-order valence-corrected chi connectivity index (χ3v) is 6.24. The summed E-state index contributed by atoms with van der Waals surface area (Å²) in [5, 5.41) is 8.97. The Labute approximate surface area is 135 Å². The molecule has 2 aliphatic rings. The lowest BCUT2D eigenvalue weighted by atomic mass is 10.0. The number of hydrogen-bond donors (Lipinski definition) is 1. The van der Waals surface area contributed by atoms with E-state index in [9.17, 15) is 13.2 Å². The van der Waals surface area contributed by atoms with Crippen LogP contribution >= 0.6 is 0 Å². The van der Waals surface area contributed by atoms with E-state index in [4.69, 9.17) is 5.11 Å². The number of pyridine rings is 1. The molecule has 1 N–H and O–H groups in total. The normalized spacial score (nSPS) is 26.9. The van der Waals surface area contributed by atoms with E-state index in [1.807, 2.05) is 12.1 Å². The van der Waals surface area contributed by atoms with Crippen LogP contribution in [0.5, 0.6) is 0 Å². The van der Waals surface area contributed by atoms with Crippen molar-refractivity contribution in [3.63, 3.8) is 0 Å². The first-order valence-corrected chi connectivity index (χ1v) is 9.56. The number of carbonyl (C=O) groups is 1. The molecule has 1 aromatic heterocycles. The van der Waals surface area contributed by atoms with Crippen molar-refractivity contribution in [2.45, 2.75) is 25.0 Å². The number of rotatable bonds is 4. The molecule has 0 aromatic carbocycles. The summed E-state index contributed by atoms with van der Waals surface area (Å²) in [5.41, 5.74) is 1.03. The second kappa shape index (κ2) is 6.54. The third-order valence-electron chi connectivity index (χ3n) is 4.55. The van der Waals surface area contributed by atoms with Crippen molar-refractivity contribution in [1.29, 1.82) is 0 Å². The van der Waals surface area contributed by atoms with Gasteiger partial charge < -0.3 is 10.0 Å². The van der Waals surface area contributed by atoms with Crippen LogP contribution in [0.1, 0.15) is 12.0 Å². The van der Waals surface area contributed by atoms with E-state index >= 15 is 0 Å². The smallest absolute Gasteiger partial charge is 0.225 e. The number of nitrogens with zero attached hydrogens (tertiary/aromatic N) is 3. The van der Waals surface area contributed by atoms with Crippen LogP contribution in [0.2, 0.25) is 0 Å². The topological polar surface area (TPSA) is 90.8 Å². The number of piperazine rings is 1. The van der Waals surface area contributed by atoms with Crippen LogP contribution in [0.25, 0.3) is 0 Å². The summed E-state index contributed by atoms with van der Waals surface area (Å²) in [4.78, 5) is 20.0. The lowest BCUT2D eigenvalue weighted by Crippen LogP contribution is -2.60. The molecule has 2 fully saturated rings. The monoisotopic (exact) mass is 339 g/mol. The van der Waals surface area contributed by atoms with Crippen molar-refractivity contribution >= 4 is 15.7 Å². The Morgan fingerprint density at radius 1 is 1.30 bits per heavy atom. The summed E-state index contributed by atoms with van der Waals surface area (Å²) in [6.07, 6.45) is 3.53. The lowest BCUT2D eigenvalue weighted by Gasteiger charge is -2.44. The van der Waals surface area contributed by atoms with Crippen LogP contribution in [-0.2, 0) is 21.2 Å². The van der Waals surface area contributed by atoms with E-state index in [2.05, 4.69) is 9.88 Å². The molecule has 1 aromatic rings. The molecule has 0 unspecified atom stereocenters. The highest BCUT2D eigenvalue weighted by Crippen LogP contribution is 2.28. The second-order valence-corrected chi connectivity index (χ2v) is 8.26. The maximum absolute atomic E-state index is 12.2. The van der Waals surface area contributed by atoms with Gasteiger partial charge in [-0.3, -0.25) is 14.7 Å². The fourth-order valence-corrected chi connectivity index (χ4v) is 5.51. The highest BCUT2D eigenvalue weighted by molar-refractivity contribution is 7.91. The van der Waals surface area contributed by atoms with Gasteiger partial charge in [-0.25, -0.2) is 8.42 Å². The average molecular weight is 339 g/mol. The SMILES string of the molecule is O=C(CCO)N1CCN(Cc2cccnc2)[C@@H]2CS(=O)(=O)C[C@@H]21. The molecule has 23 heavy (non-hydrogen) atoms. The standard InChI is InChI=1S/C15H21N3O4S/c19-7-3-15(20)18-6-5-17(9-12-2-1-4-16-8-12)13-10-23(21,22)11-14(13)18/h1-2,4,8,13-14,19H,3,5-7,9-11H2/t13-,14+/m1/s1. The molecule has 7 nitrogen and oxygen atoms in total. The van der Waals surface area contributed by atoms with E-state index < -0.39 is 9.84 Å². The van der Waals surface area contributed by atoms with Crippen LogP contribution in [0, 0.1) is 0 Å². The maximum Gasteiger partial charge on any atom is 0.225 e. The number of carbonyl (C=O) groups excluding carboxylic acids is 1. The Morgan fingerprint density at radius 2 is 2.09 bits per heavy atom. The molecule has 8 heteroatoms. The first-order valence-electron chi connectivity index (χ1n) is 7.74. The van der Waals surface area contributed by atoms with Gasteiger partial charge in [0.2, 0.25) is 5.91 Å². The fourth-order valence-electron chi connectivity index (χ4n) is 3.50. The first-order chi connectivity index (χ1) is 11.0. The van der Waals surface area contributed by atoms with Crippen LogP contribution in [0.3, 0.4) is 0 Å². The zero-order valence-corrected chi connectivity index (χ0v) is 13.7. The van der Waals surface area contributed by atoms with Gasteiger partial charge in [0.05, 0.1) is 24.2 Å². The molecule has 0 spiro atoms. The predicted octanol–water partition coefficient (Wildman–Crippen LogP) is -0.726. The van der Waals surface area contributed by atoms with E-state index in [1.165, 1.54) is 0 Å². The van der Waals surface area contributed by atoms with Crippen molar-refractivity contribution in [1.82, 2.24) is 14.8 Å².